The van der Waals surface area contributed by atoms with E-state index in [-0.39, 0.29) is 12.8 Å². The standard InChI is InChI=1S/C50H88NO10P/c1-3-5-7-9-11-13-15-17-19-21-22-23-24-26-27-29-31-33-35-37-39-41-48(53)51-47(50(55)56)45-61-62(57,58)60-44-46(52)43-59-49(54)42-40-38-36-34-32-30-28-25-20-18-16-14-12-10-8-6-4-2/h12,14,17-20,28,30,34,36,46-47,52H,3-11,13,15-16,21-27,29,31-33,35,37-45H2,1-2H3,(H,51,53)(H,55,56)(H,57,58)/b14-12-,19-17+,20-18-,30-28-,36-34-. The number of esters is 1. The number of ether oxygens (including phenoxy) is 1. The lowest BCUT2D eigenvalue weighted by Crippen LogP contribution is -2.43. The quantitative estimate of drug-likeness (QED) is 0.0200. The molecule has 0 aromatic carbocycles. The number of carboxylic acid groups (broad SMARTS) is 1. The van der Waals surface area contributed by atoms with Gasteiger partial charge in [-0.2, -0.15) is 0 Å². The highest BCUT2D eigenvalue weighted by atomic mass is 31.2. The number of carbonyl (C=O) groups excluding carboxylic acids is 2. The molecule has 12 heteroatoms. The fourth-order valence-electron chi connectivity index (χ4n) is 6.48. The number of phosphoric acid groups is 1. The molecule has 1 amide bonds. The van der Waals surface area contributed by atoms with Gasteiger partial charge in [-0.15, -0.1) is 0 Å². The molecule has 4 N–H and O–H groups in total. The number of carbonyl (C=O) groups is 3. The molecule has 0 spiro atoms. The van der Waals surface area contributed by atoms with Gasteiger partial charge in [0.05, 0.1) is 13.2 Å². The number of unbranched alkanes of at least 4 members (excludes halogenated alkanes) is 21. The highest BCUT2D eigenvalue weighted by Crippen LogP contribution is 2.43. The first-order valence-electron chi connectivity index (χ1n) is 24.3. The molecule has 0 aliphatic carbocycles. The molecular formula is C50H88NO10P. The smallest absolute Gasteiger partial charge is 0.472 e. The number of phosphoric ester groups is 1. The summed E-state index contributed by atoms with van der Waals surface area (Å²) >= 11 is 0. The zero-order chi connectivity index (χ0) is 45.6. The highest BCUT2D eigenvalue weighted by molar-refractivity contribution is 7.47. The molecule has 0 saturated heterocycles. The van der Waals surface area contributed by atoms with Gasteiger partial charge in [-0.25, -0.2) is 9.36 Å². The van der Waals surface area contributed by atoms with Crippen LogP contribution in [-0.4, -0.2) is 64.9 Å². The Balaban J connectivity index is 3.92. The van der Waals surface area contributed by atoms with Gasteiger partial charge in [0.2, 0.25) is 5.91 Å². The lowest BCUT2D eigenvalue weighted by Gasteiger charge is -2.18. The topological polar surface area (TPSA) is 169 Å². The number of hydrogen-bond acceptors (Lipinski definition) is 8. The van der Waals surface area contributed by atoms with Crippen LogP contribution < -0.4 is 5.32 Å². The molecule has 0 bridgehead atoms. The Hall–Kier alpha value is -2.82. The summed E-state index contributed by atoms with van der Waals surface area (Å²) in [5, 5.41) is 21.9. The van der Waals surface area contributed by atoms with E-state index in [1.807, 2.05) is 12.2 Å². The predicted octanol–water partition coefficient (Wildman–Crippen LogP) is 13.1. The summed E-state index contributed by atoms with van der Waals surface area (Å²) in [6.45, 7) is 2.52. The monoisotopic (exact) mass is 894 g/mol. The van der Waals surface area contributed by atoms with Crippen LogP contribution in [0.3, 0.4) is 0 Å². The number of amides is 1. The molecule has 0 aromatic heterocycles. The molecule has 0 heterocycles. The van der Waals surface area contributed by atoms with E-state index in [0.29, 0.717) is 19.3 Å². The number of hydrogen-bond donors (Lipinski definition) is 4. The minimum Gasteiger partial charge on any atom is -0.480 e. The third kappa shape index (κ3) is 43.8. The summed E-state index contributed by atoms with van der Waals surface area (Å²) in [5.74, 6) is -2.43. The van der Waals surface area contributed by atoms with Crippen LogP contribution in [0.2, 0.25) is 0 Å². The molecule has 0 rings (SSSR count). The Morgan fingerprint density at radius 3 is 1.40 bits per heavy atom. The molecule has 0 radical (unpaired) electrons. The molecule has 3 unspecified atom stereocenters. The summed E-state index contributed by atoms with van der Waals surface area (Å²) in [5.41, 5.74) is 0. The van der Waals surface area contributed by atoms with Gasteiger partial charge in [0, 0.05) is 12.8 Å². The number of carboxylic acids is 1. The first kappa shape index (κ1) is 59.2. The van der Waals surface area contributed by atoms with E-state index in [2.05, 4.69) is 67.8 Å². The predicted molar refractivity (Wildman–Crippen MR) is 254 cm³/mol. The van der Waals surface area contributed by atoms with Gasteiger partial charge >= 0.3 is 19.8 Å². The normalized spacial score (nSPS) is 14.1. The maximum Gasteiger partial charge on any atom is 0.472 e. The van der Waals surface area contributed by atoms with Crippen molar-refractivity contribution in [2.24, 2.45) is 0 Å². The van der Waals surface area contributed by atoms with E-state index in [1.54, 1.807) is 0 Å². The van der Waals surface area contributed by atoms with Crippen LogP contribution in [0.4, 0.5) is 0 Å². The number of rotatable bonds is 45. The van der Waals surface area contributed by atoms with E-state index in [4.69, 9.17) is 13.8 Å². The van der Waals surface area contributed by atoms with Crippen molar-refractivity contribution in [2.45, 2.75) is 219 Å². The first-order chi connectivity index (χ1) is 30.1. The van der Waals surface area contributed by atoms with Gasteiger partial charge in [-0.3, -0.25) is 18.6 Å². The second-order valence-corrected chi connectivity index (χ2v) is 17.7. The van der Waals surface area contributed by atoms with Crippen LogP contribution in [0.15, 0.2) is 60.8 Å². The maximum atomic E-state index is 12.4. The molecule has 3 atom stereocenters. The zero-order valence-corrected chi connectivity index (χ0v) is 39.8. The van der Waals surface area contributed by atoms with Crippen molar-refractivity contribution in [3.63, 3.8) is 0 Å². The van der Waals surface area contributed by atoms with E-state index in [1.165, 1.54) is 116 Å². The van der Waals surface area contributed by atoms with Crippen molar-refractivity contribution >= 4 is 25.7 Å². The van der Waals surface area contributed by atoms with E-state index in [9.17, 15) is 34.1 Å². The van der Waals surface area contributed by atoms with Gasteiger partial charge in [-0.05, 0) is 77.0 Å². The van der Waals surface area contributed by atoms with Crippen molar-refractivity contribution in [2.75, 3.05) is 19.8 Å². The Labute approximate surface area is 376 Å². The van der Waals surface area contributed by atoms with Crippen LogP contribution in [0.1, 0.15) is 206 Å². The minimum absolute atomic E-state index is 0.140. The van der Waals surface area contributed by atoms with Crippen LogP contribution >= 0.6 is 7.82 Å². The molecule has 0 aliphatic heterocycles. The summed E-state index contributed by atoms with van der Waals surface area (Å²) < 4.78 is 26.8. The van der Waals surface area contributed by atoms with E-state index < -0.39 is 57.6 Å². The molecule has 11 nitrogen and oxygen atoms in total. The highest BCUT2D eigenvalue weighted by Gasteiger charge is 2.28. The summed E-state index contributed by atoms with van der Waals surface area (Å²) in [4.78, 5) is 46.0. The van der Waals surface area contributed by atoms with Gasteiger partial charge in [0.15, 0.2) is 6.04 Å². The maximum absolute atomic E-state index is 12.4. The van der Waals surface area contributed by atoms with Crippen molar-refractivity contribution in [1.29, 1.82) is 0 Å². The van der Waals surface area contributed by atoms with Gasteiger partial charge in [-0.1, -0.05) is 177 Å². The molecule has 358 valence electrons. The first-order valence-corrected chi connectivity index (χ1v) is 25.8. The Morgan fingerprint density at radius 1 is 0.516 bits per heavy atom. The summed E-state index contributed by atoms with van der Waals surface area (Å²) in [7, 11) is -4.77. The van der Waals surface area contributed by atoms with E-state index >= 15 is 0 Å². The van der Waals surface area contributed by atoms with E-state index in [0.717, 1.165) is 44.9 Å². The molecule has 0 fully saturated rings. The van der Waals surface area contributed by atoms with Crippen LogP contribution in [0, 0.1) is 0 Å². The van der Waals surface area contributed by atoms with Crippen molar-refractivity contribution in [3.8, 4) is 0 Å². The lowest BCUT2D eigenvalue weighted by atomic mass is 10.0. The third-order valence-electron chi connectivity index (χ3n) is 10.3. The number of aliphatic carboxylic acids is 1. The Kier molecular flexibility index (Phi) is 42.7. The van der Waals surface area contributed by atoms with Gasteiger partial charge in [0.1, 0.15) is 12.7 Å². The number of nitrogens with one attached hydrogen (secondary N) is 1. The second kappa shape index (κ2) is 44.8. The molecule has 0 saturated carbocycles. The minimum atomic E-state index is -4.77. The summed E-state index contributed by atoms with van der Waals surface area (Å²) in [6.07, 6.45) is 52.5. The molecular weight excluding hydrogens is 806 g/mol. The number of aliphatic hydroxyl groups is 1. The van der Waals surface area contributed by atoms with Gasteiger partial charge in [0.25, 0.3) is 0 Å². The fraction of sp³-hybridized carbons (Fsp3) is 0.740. The van der Waals surface area contributed by atoms with Crippen LogP contribution in [0.25, 0.3) is 0 Å². The van der Waals surface area contributed by atoms with Crippen LogP contribution in [-0.2, 0) is 32.7 Å². The van der Waals surface area contributed by atoms with Crippen molar-refractivity contribution in [3.05, 3.63) is 60.8 Å². The zero-order valence-electron chi connectivity index (χ0n) is 38.9. The Morgan fingerprint density at radius 2 is 0.903 bits per heavy atom. The number of aliphatic hydroxyl groups excluding tert-OH is 1. The van der Waals surface area contributed by atoms with Gasteiger partial charge < -0.3 is 25.2 Å². The average Bonchev–Trinajstić information content (AvgIpc) is 3.25. The SMILES string of the molecule is CCCCC/C=C\C/C=C\C/C=C\C/C=C\CCCC(=O)OCC(O)COP(=O)(O)OCC(NC(=O)CCCCCCCCCCCCC/C=C/CCCCCCCC)C(=O)O. The van der Waals surface area contributed by atoms with Crippen molar-refractivity contribution in [1.82, 2.24) is 5.32 Å². The molecule has 0 aromatic rings. The average molecular weight is 894 g/mol. The third-order valence-corrected chi connectivity index (χ3v) is 11.2. The fourth-order valence-corrected chi connectivity index (χ4v) is 7.25. The summed E-state index contributed by atoms with van der Waals surface area (Å²) in [6, 6.07) is -1.56. The van der Waals surface area contributed by atoms with Crippen LogP contribution in [0.5, 0.6) is 0 Å². The molecule has 62 heavy (non-hydrogen) atoms. The second-order valence-electron chi connectivity index (χ2n) is 16.3. The molecule has 0 aliphatic rings. The van der Waals surface area contributed by atoms with Crippen molar-refractivity contribution < 1.29 is 47.8 Å². The lowest BCUT2D eigenvalue weighted by molar-refractivity contribution is -0.147. The number of allylic oxidation sites excluding steroid dienone is 10. The largest absolute Gasteiger partial charge is 0.480 e. The Bertz CT molecular complexity index is 1280.